The molecule has 1 amide bonds. The first-order valence-electron chi connectivity index (χ1n) is 9.48. The van der Waals surface area contributed by atoms with Gasteiger partial charge in [0, 0.05) is 19.6 Å². The van der Waals surface area contributed by atoms with Crippen LogP contribution >= 0.6 is 0 Å². The van der Waals surface area contributed by atoms with Gasteiger partial charge in [-0.1, -0.05) is 37.3 Å². The molecule has 1 unspecified atom stereocenters. The quantitative estimate of drug-likeness (QED) is 0.728. The van der Waals surface area contributed by atoms with Gasteiger partial charge < -0.3 is 9.64 Å². The van der Waals surface area contributed by atoms with Crippen molar-refractivity contribution in [3.05, 3.63) is 65.2 Å². The van der Waals surface area contributed by atoms with E-state index in [1.807, 2.05) is 18.2 Å². The molecule has 7 nitrogen and oxygen atoms in total. The molecule has 0 spiro atoms. The van der Waals surface area contributed by atoms with E-state index in [1.54, 1.807) is 11.8 Å². The molecule has 0 bridgehead atoms. The SMILES string of the molecule is CCNS(=O)(=O)c1cccc(C(=O)OC(C)C(=O)N2CCc3ccccc3C2)c1. The number of amides is 1. The highest BCUT2D eigenvalue weighted by molar-refractivity contribution is 7.89. The van der Waals surface area contributed by atoms with Gasteiger partial charge in [-0.3, -0.25) is 4.79 Å². The first kappa shape index (κ1) is 21.0. The van der Waals surface area contributed by atoms with Gasteiger partial charge in [-0.25, -0.2) is 17.9 Å². The molecule has 0 aromatic heterocycles. The van der Waals surface area contributed by atoms with E-state index in [-0.39, 0.29) is 22.9 Å². The Morgan fingerprint density at radius 3 is 2.59 bits per heavy atom. The Balaban J connectivity index is 1.67. The third kappa shape index (κ3) is 4.83. The topological polar surface area (TPSA) is 92.8 Å². The minimum atomic E-state index is -3.69. The molecule has 1 aliphatic heterocycles. The van der Waals surface area contributed by atoms with Crippen LogP contribution in [-0.4, -0.2) is 44.4 Å². The van der Waals surface area contributed by atoms with Crippen LogP contribution < -0.4 is 4.72 Å². The van der Waals surface area contributed by atoms with Gasteiger partial charge in [0.25, 0.3) is 5.91 Å². The number of hydrogen-bond donors (Lipinski definition) is 1. The Hall–Kier alpha value is -2.71. The molecule has 2 aromatic rings. The van der Waals surface area contributed by atoms with Crippen molar-refractivity contribution < 1.29 is 22.7 Å². The lowest BCUT2D eigenvalue weighted by Gasteiger charge is -2.30. The summed E-state index contributed by atoms with van der Waals surface area (Å²) in [5, 5.41) is 0. The molecule has 1 N–H and O–H groups in total. The first-order chi connectivity index (χ1) is 13.8. The van der Waals surface area contributed by atoms with Crippen molar-refractivity contribution in [2.24, 2.45) is 0 Å². The third-order valence-electron chi connectivity index (χ3n) is 4.79. The zero-order valence-corrected chi connectivity index (χ0v) is 17.2. The maximum atomic E-state index is 12.7. The summed E-state index contributed by atoms with van der Waals surface area (Å²) in [5.74, 6) is -1.01. The highest BCUT2D eigenvalue weighted by atomic mass is 32.2. The average molecular weight is 416 g/mol. The number of carbonyl (C=O) groups excluding carboxylic acids is 2. The number of hydrogen-bond acceptors (Lipinski definition) is 5. The van der Waals surface area contributed by atoms with E-state index >= 15 is 0 Å². The molecule has 2 aromatic carbocycles. The van der Waals surface area contributed by atoms with Crippen LogP contribution in [0.3, 0.4) is 0 Å². The van der Waals surface area contributed by atoms with E-state index in [2.05, 4.69) is 10.8 Å². The number of nitrogens with zero attached hydrogens (tertiary/aromatic N) is 1. The maximum Gasteiger partial charge on any atom is 0.338 e. The second kappa shape index (κ2) is 8.75. The van der Waals surface area contributed by atoms with Crippen LogP contribution in [-0.2, 0) is 32.5 Å². The lowest BCUT2D eigenvalue weighted by atomic mass is 9.99. The molecule has 154 valence electrons. The molecule has 1 heterocycles. The van der Waals surface area contributed by atoms with Crippen LogP contribution in [0.2, 0.25) is 0 Å². The molecule has 0 fully saturated rings. The van der Waals surface area contributed by atoms with Gasteiger partial charge in [0.15, 0.2) is 6.10 Å². The molecule has 29 heavy (non-hydrogen) atoms. The normalized spacial score (nSPS) is 14.8. The first-order valence-corrected chi connectivity index (χ1v) is 11.0. The Labute approximate surface area is 170 Å². The summed E-state index contributed by atoms with van der Waals surface area (Å²) < 4.78 is 31.9. The molecule has 3 rings (SSSR count). The zero-order valence-electron chi connectivity index (χ0n) is 16.4. The molecule has 1 aliphatic rings. The molecule has 0 saturated heterocycles. The van der Waals surface area contributed by atoms with Gasteiger partial charge in [-0.05, 0) is 42.7 Å². The number of esters is 1. The summed E-state index contributed by atoms with van der Waals surface area (Å²) in [4.78, 5) is 26.8. The standard InChI is InChI=1S/C21H24N2O5S/c1-3-22-29(26,27)19-10-6-9-17(13-19)21(25)28-15(2)20(24)23-12-11-16-7-4-5-8-18(16)14-23/h4-10,13,15,22H,3,11-12,14H2,1-2H3. The van der Waals surface area contributed by atoms with E-state index < -0.39 is 22.1 Å². The summed E-state index contributed by atoms with van der Waals surface area (Å²) in [6.45, 7) is 4.48. The Bertz CT molecular complexity index is 1020. The maximum absolute atomic E-state index is 12.7. The molecular formula is C21H24N2O5S. The minimum absolute atomic E-state index is 0.0274. The van der Waals surface area contributed by atoms with Crippen molar-refractivity contribution in [3.63, 3.8) is 0 Å². The van der Waals surface area contributed by atoms with Crippen molar-refractivity contribution in [3.8, 4) is 0 Å². The number of rotatable bonds is 6. The van der Waals surface area contributed by atoms with Gasteiger partial charge in [0.1, 0.15) is 0 Å². The van der Waals surface area contributed by atoms with Crippen molar-refractivity contribution in [1.29, 1.82) is 0 Å². The van der Waals surface area contributed by atoms with Crippen LogP contribution in [0, 0.1) is 0 Å². The molecule has 0 saturated carbocycles. The number of sulfonamides is 1. The number of ether oxygens (including phenoxy) is 1. The Morgan fingerprint density at radius 1 is 1.14 bits per heavy atom. The van der Waals surface area contributed by atoms with Gasteiger partial charge in [0.05, 0.1) is 10.5 Å². The van der Waals surface area contributed by atoms with Crippen LogP contribution in [0.25, 0.3) is 0 Å². The van der Waals surface area contributed by atoms with E-state index in [9.17, 15) is 18.0 Å². The van der Waals surface area contributed by atoms with Gasteiger partial charge >= 0.3 is 5.97 Å². The van der Waals surface area contributed by atoms with E-state index in [4.69, 9.17) is 4.74 Å². The number of nitrogens with one attached hydrogen (secondary N) is 1. The predicted molar refractivity (Wildman–Crippen MR) is 108 cm³/mol. The van der Waals surface area contributed by atoms with Gasteiger partial charge in [-0.15, -0.1) is 0 Å². The predicted octanol–water partition coefficient (Wildman–Crippen LogP) is 2.11. The highest BCUT2D eigenvalue weighted by Gasteiger charge is 2.27. The second-order valence-corrected chi connectivity index (χ2v) is 8.62. The largest absolute Gasteiger partial charge is 0.449 e. The van der Waals surface area contributed by atoms with Crippen molar-refractivity contribution >= 4 is 21.9 Å². The highest BCUT2D eigenvalue weighted by Crippen LogP contribution is 2.20. The fourth-order valence-electron chi connectivity index (χ4n) is 3.28. The summed E-state index contributed by atoms with van der Waals surface area (Å²) in [6, 6.07) is 13.5. The summed E-state index contributed by atoms with van der Waals surface area (Å²) in [6.07, 6.45) is -0.214. The van der Waals surface area contributed by atoms with Gasteiger partial charge in [-0.2, -0.15) is 0 Å². The fourth-order valence-corrected chi connectivity index (χ4v) is 4.37. The summed E-state index contributed by atoms with van der Waals surface area (Å²) >= 11 is 0. The number of fused-ring (bicyclic) bond motifs is 1. The van der Waals surface area contributed by atoms with E-state index in [0.29, 0.717) is 13.1 Å². The van der Waals surface area contributed by atoms with Crippen molar-refractivity contribution in [2.75, 3.05) is 13.1 Å². The molecule has 0 aliphatic carbocycles. The van der Waals surface area contributed by atoms with E-state index in [1.165, 1.54) is 36.8 Å². The Kier molecular flexibility index (Phi) is 6.34. The molecular weight excluding hydrogens is 392 g/mol. The monoisotopic (exact) mass is 416 g/mol. The third-order valence-corrected chi connectivity index (χ3v) is 6.33. The van der Waals surface area contributed by atoms with Crippen LogP contribution in [0.1, 0.15) is 35.3 Å². The smallest absolute Gasteiger partial charge is 0.338 e. The number of benzene rings is 2. The summed E-state index contributed by atoms with van der Waals surface area (Å²) in [5.41, 5.74) is 2.39. The van der Waals surface area contributed by atoms with Crippen LogP contribution in [0.4, 0.5) is 0 Å². The zero-order chi connectivity index (χ0) is 21.0. The summed E-state index contributed by atoms with van der Waals surface area (Å²) in [7, 11) is -3.69. The van der Waals surface area contributed by atoms with Crippen LogP contribution in [0.5, 0.6) is 0 Å². The average Bonchev–Trinajstić information content (AvgIpc) is 2.72. The van der Waals surface area contributed by atoms with Crippen LogP contribution in [0.15, 0.2) is 53.4 Å². The van der Waals surface area contributed by atoms with E-state index in [0.717, 1.165) is 12.0 Å². The minimum Gasteiger partial charge on any atom is -0.449 e. The Morgan fingerprint density at radius 2 is 1.86 bits per heavy atom. The lowest BCUT2D eigenvalue weighted by Crippen LogP contribution is -2.42. The molecule has 0 radical (unpaired) electrons. The second-order valence-electron chi connectivity index (χ2n) is 6.86. The van der Waals surface area contributed by atoms with Crippen molar-refractivity contribution in [2.45, 2.75) is 37.8 Å². The lowest BCUT2D eigenvalue weighted by molar-refractivity contribution is -0.140. The fraction of sp³-hybridized carbons (Fsp3) is 0.333. The molecule has 8 heteroatoms. The van der Waals surface area contributed by atoms with Gasteiger partial charge in [0.2, 0.25) is 10.0 Å². The molecule has 1 atom stereocenters. The van der Waals surface area contributed by atoms with Crippen molar-refractivity contribution in [1.82, 2.24) is 9.62 Å². The number of carbonyl (C=O) groups is 2.